The molecule has 2 heterocycles. The van der Waals surface area contributed by atoms with Gasteiger partial charge in [-0.1, -0.05) is 35.5 Å². The lowest BCUT2D eigenvalue weighted by Crippen LogP contribution is -2.45. The molecule has 1 aromatic heterocycles. The predicted octanol–water partition coefficient (Wildman–Crippen LogP) is 2.47. The van der Waals surface area contributed by atoms with E-state index in [1.165, 1.54) is 0 Å². The zero-order valence-electron chi connectivity index (χ0n) is 12.5. The molecular weight excluding hydrogens is 266 g/mol. The van der Waals surface area contributed by atoms with Gasteiger partial charge in [0.2, 0.25) is 11.7 Å². The van der Waals surface area contributed by atoms with Crippen LogP contribution in [0.4, 0.5) is 0 Å². The first kappa shape index (κ1) is 14.2. The summed E-state index contributed by atoms with van der Waals surface area (Å²) >= 11 is 0. The molecule has 1 atom stereocenters. The number of nitrogens with zero attached hydrogens (tertiary/aromatic N) is 3. The van der Waals surface area contributed by atoms with Crippen molar-refractivity contribution in [3.05, 3.63) is 36.2 Å². The van der Waals surface area contributed by atoms with Crippen molar-refractivity contribution in [2.75, 3.05) is 6.54 Å². The fourth-order valence-corrected chi connectivity index (χ4v) is 3.01. The van der Waals surface area contributed by atoms with Crippen LogP contribution in [0.2, 0.25) is 0 Å². The topological polar surface area (TPSA) is 62.4 Å². The number of hydrogen-bond acceptors (Lipinski definition) is 5. The first-order valence-corrected chi connectivity index (χ1v) is 7.38. The van der Waals surface area contributed by atoms with Gasteiger partial charge in [-0.3, -0.25) is 4.90 Å². The molecule has 1 N–H and O–H groups in total. The molecule has 1 unspecified atom stereocenters. The molecule has 0 spiro atoms. The molecule has 2 aromatic rings. The van der Waals surface area contributed by atoms with E-state index in [0.29, 0.717) is 18.3 Å². The zero-order chi connectivity index (χ0) is 14.9. The Labute approximate surface area is 124 Å². The molecule has 0 bridgehead atoms. The minimum Gasteiger partial charge on any atom is -0.389 e. The Morgan fingerprint density at radius 3 is 2.81 bits per heavy atom. The molecule has 0 amide bonds. The highest BCUT2D eigenvalue weighted by Crippen LogP contribution is 2.28. The van der Waals surface area contributed by atoms with Gasteiger partial charge in [0.25, 0.3) is 0 Å². The Balaban J connectivity index is 1.73. The summed E-state index contributed by atoms with van der Waals surface area (Å²) in [6, 6.07) is 9.94. The van der Waals surface area contributed by atoms with E-state index in [0.717, 1.165) is 24.9 Å². The van der Waals surface area contributed by atoms with E-state index in [9.17, 15) is 5.11 Å². The summed E-state index contributed by atoms with van der Waals surface area (Å²) in [5.74, 6) is 1.22. The van der Waals surface area contributed by atoms with Crippen LogP contribution in [0.1, 0.15) is 32.6 Å². The lowest BCUT2D eigenvalue weighted by atomic mass is 9.97. The summed E-state index contributed by atoms with van der Waals surface area (Å²) in [6.45, 7) is 5.27. The minimum absolute atomic E-state index is 0.143. The SMILES string of the molecule is CC(C)(O)C1CCCN1Cc1nc(-c2ccccc2)no1. The van der Waals surface area contributed by atoms with Gasteiger partial charge in [-0.05, 0) is 33.2 Å². The fraction of sp³-hybridized carbons (Fsp3) is 0.500. The van der Waals surface area contributed by atoms with E-state index in [-0.39, 0.29) is 6.04 Å². The highest BCUT2D eigenvalue weighted by atomic mass is 16.5. The van der Waals surface area contributed by atoms with Gasteiger partial charge in [-0.15, -0.1) is 0 Å². The van der Waals surface area contributed by atoms with E-state index in [1.54, 1.807) is 0 Å². The maximum atomic E-state index is 10.2. The fourth-order valence-electron chi connectivity index (χ4n) is 3.01. The first-order chi connectivity index (χ1) is 10.0. The maximum absolute atomic E-state index is 10.2. The second-order valence-electron chi connectivity index (χ2n) is 6.16. The number of aliphatic hydroxyl groups is 1. The highest BCUT2D eigenvalue weighted by Gasteiger charge is 2.36. The number of rotatable bonds is 4. The maximum Gasteiger partial charge on any atom is 0.241 e. The van der Waals surface area contributed by atoms with Crippen molar-refractivity contribution in [2.24, 2.45) is 0 Å². The van der Waals surface area contributed by atoms with Gasteiger partial charge >= 0.3 is 0 Å². The van der Waals surface area contributed by atoms with Crippen molar-refractivity contribution in [3.8, 4) is 11.4 Å². The summed E-state index contributed by atoms with van der Waals surface area (Å²) in [4.78, 5) is 6.68. The van der Waals surface area contributed by atoms with Crippen molar-refractivity contribution in [3.63, 3.8) is 0 Å². The second-order valence-corrected chi connectivity index (χ2v) is 6.16. The summed E-state index contributed by atoms with van der Waals surface area (Å²) in [6.07, 6.45) is 2.09. The van der Waals surface area contributed by atoms with E-state index >= 15 is 0 Å². The van der Waals surface area contributed by atoms with Crippen LogP contribution in [0.15, 0.2) is 34.9 Å². The molecule has 3 rings (SSSR count). The number of likely N-dealkylation sites (tertiary alicyclic amines) is 1. The van der Waals surface area contributed by atoms with Crippen molar-refractivity contribution in [1.29, 1.82) is 0 Å². The molecule has 5 nitrogen and oxygen atoms in total. The van der Waals surface area contributed by atoms with Crippen LogP contribution in [0, 0.1) is 0 Å². The number of aromatic nitrogens is 2. The van der Waals surface area contributed by atoms with E-state index in [1.807, 2.05) is 44.2 Å². The lowest BCUT2D eigenvalue weighted by molar-refractivity contribution is -0.00774. The Bertz CT molecular complexity index is 589. The average Bonchev–Trinajstić information content (AvgIpc) is 3.09. The van der Waals surface area contributed by atoms with E-state index < -0.39 is 5.60 Å². The van der Waals surface area contributed by atoms with Crippen LogP contribution in [0.3, 0.4) is 0 Å². The molecule has 21 heavy (non-hydrogen) atoms. The van der Waals surface area contributed by atoms with Crippen LogP contribution >= 0.6 is 0 Å². The smallest absolute Gasteiger partial charge is 0.241 e. The summed E-state index contributed by atoms with van der Waals surface area (Å²) in [5, 5.41) is 14.3. The Kier molecular flexibility index (Phi) is 3.78. The molecule has 0 saturated carbocycles. The molecular formula is C16H21N3O2. The summed E-state index contributed by atoms with van der Waals surface area (Å²) in [5.41, 5.74) is 0.242. The number of hydrogen-bond donors (Lipinski definition) is 1. The Morgan fingerprint density at radius 1 is 1.33 bits per heavy atom. The third-order valence-corrected chi connectivity index (χ3v) is 4.02. The van der Waals surface area contributed by atoms with Gasteiger partial charge in [-0.25, -0.2) is 0 Å². The van der Waals surface area contributed by atoms with Crippen molar-refractivity contribution in [2.45, 2.75) is 44.9 Å². The average molecular weight is 287 g/mol. The standard InChI is InChI=1S/C16H21N3O2/c1-16(2,20)13-9-6-10-19(13)11-14-17-15(18-21-14)12-7-4-3-5-8-12/h3-5,7-8,13,20H,6,9-11H2,1-2H3. The Morgan fingerprint density at radius 2 is 2.10 bits per heavy atom. The third kappa shape index (κ3) is 3.14. The molecule has 0 radical (unpaired) electrons. The van der Waals surface area contributed by atoms with Gasteiger partial charge in [0.05, 0.1) is 12.1 Å². The van der Waals surface area contributed by atoms with Crippen molar-refractivity contribution < 1.29 is 9.63 Å². The zero-order valence-corrected chi connectivity index (χ0v) is 12.5. The van der Waals surface area contributed by atoms with Gasteiger partial charge in [0.15, 0.2) is 0 Å². The first-order valence-electron chi connectivity index (χ1n) is 7.38. The van der Waals surface area contributed by atoms with Crippen LogP contribution < -0.4 is 0 Å². The lowest BCUT2D eigenvalue weighted by Gasteiger charge is -2.32. The molecule has 5 heteroatoms. The predicted molar refractivity (Wildman–Crippen MR) is 79.5 cm³/mol. The minimum atomic E-state index is -0.710. The molecule has 1 aromatic carbocycles. The Hall–Kier alpha value is -1.72. The van der Waals surface area contributed by atoms with Gasteiger partial charge in [0, 0.05) is 11.6 Å². The molecule has 112 valence electrons. The molecule has 1 fully saturated rings. The van der Waals surface area contributed by atoms with Crippen LogP contribution in [-0.2, 0) is 6.54 Å². The van der Waals surface area contributed by atoms with Crippen LogP contribution in [-0.4, -0.2) is 38.3 Å². The quantitative estimate of drug-likeness (QED) is 0.936. The largest absolute Gasteiger partial charge is 0.389 e. The van der Waals surface area contributed by atoms with Crippen molar-refractivity contribution >= 4 is 0 Å². The third-order valence-electron chi connectivity index (χ3n) is 4.02. The van der Waals surface area contributed by atoms with Crippen LogP contribution in [0.25, 0.3) is 11.4 Å². The molecule has 0 aliphatic carbocycles. The molecule has 1 aliphatic heterocycles. The van der Waals surface area contributed by atoms with Gasteiger partial charge in [0.1, 0.15) is 0 Å². The highest BCUT2D eigenvalue weighted by molar-refractivity contribution is 5.53. The molecule has 1 saturated heterocycles. The van der Waals surface area contributed by atoms with Gasteiger partial charge < -0.3 is 9.63 Å². The number of benzene rings is 1. The van der Waals surface area contributed by atoms with E-state index in [4.69, 9.17) is 4.52 Å². The van der Waals surface area contributed by atoms with E-state index in [2.05, 4.69) is 15.0 Å². The molecule has 1 aliphatic rings. The summed E-state index contributed by atoms with van der Waals surface area (Å²) < 4.78 is 5.36. The van der Waals surface area contributed by atoms with Crippen molar-refractivity contribution in [1.82, 2.24) is 15.0 Å². The second kappa shape index (κ2) is 5.58. The van der Waals surface area contributed by atoms with Crippen LogP contribution in [0.5, 0.6) is 0 Å². The monoisotopic (exact) mass is 287 g/mol. The van der Waals surface area contributed by atoms with Gasteiger partial charge in [-0.2, -0.15) is 4.98 Å². The normalized spacial score (nSPS) is 20.0. The summed E-state index contributed by atoms with van der Waals surface area (Å²) in [7, 11) is 0.